The monoisotopic (exact) mass is 317 g/mol. The lowest BCUT2D eigenvalue weighted by molar-refractivity contribution is -0.129. The summed E-state index contributed by atoms with van der Waals surface area (Å²) in [6, 6.07) is 0.258. The minimum absolute atomic E-state index is 0.0521. The van der Waals surface area contributed by atoms with E-state index in [2.05, 4.69) is 15.6 Å². The van der Waals surface area contributed by atoms with Crippen molar-refractivity contribution in [3.8, 4) is 0 Å². The Balaban J connectivity index is 1.30. The normalized spacial score (nSPS) is 34.6. The Morgan fingerprint density at radius 3 is 2.39 bits per heavy atom. The van der Waals surface area contributed by atoms with Crippen molar-refractivity contribution in [1.29, 1.82) is 0 Å². The number of carbonyl (C=O) groups excluding carboxylic acids is 2. The molecule has 1 heterocycles. The van der Waals surface area contributed by atoms with E-state index >= 15 is 0 Å². The third kappa shape index (κ3) is 2.42. The Bertz CT molecular complexity index is 606. The average molecular weight is 317 g/mol. The Kier molecular flexibility index (Phi) is 3.21. The lowest BCUT2D eigenvalue weighted by Gasteiger charge is -2.51. The molecule has 3 fully saturated rings. The summed E-state index contributed by atoms with van der Waals surface area (Å²) in [4.78, 5) is 23.8. The highest BCUT2D eigenvalue weighted by molar-refractivity contribution is 5.87. The van der Waals surface area contributed by atoms with Crippen LogP contribution in [0.2, 0.25) is 0 Å². The molecule has 23 heavy (non-hydrogen) atoms. The third-order valence-corrected chi connectivity index (χ3v) is 6.15. The number of nitrogens with two attached hydrogens (primary N) is 1. The van der Waals surface area contributed by atoms with Crippen LogP contribution in [-0.2, 0) is 15.1 Å². The van der Waals surface area contributed by atoms with Gasteiger partial charge in [-0.15, -0.1) is 5.10 Å². The van der Waals surface area contributed by atoms with Gasteiger partial charge in [0.15, 0.2) is 0 Å². The Hall–Kier alpha value is -1.92. The number of hydrogen-bond donors (Lipinski definition) is 2. The van der Waals surface area contributed by atoms with E-state index in [9.17, 15) is 9.59 Å². The number of hydrogen-bond acceptors (Lipinski definition) is 4. The fourth-order valence-electron chi connectivity index (χ4n) is 4.45. The SMILES string of the molecule is NC(=O)C1CCC2(CC1)CC(NC(=O)C1(n3ccnn3)CC1)C2. The molecule has 3 aliphatic rings. The average Bonchev–Trinajstić information content (AvgIpc) is 3.13. The summed E-state index contributed by atoms with van der Waals surface area (Å²) in [6.07, 6.45) is 11.0. The molecule has 0 radical (unpaired) electrons. The number of rotatable bonds is 4. The van der Waals surface area contributed by atoms with Gasteiger partial charge < -0.3 is 11.1 Å². The van der Waals surface area contributed by atoms with Crippen LogP contribution < -0.4 is 11.1 Å². The van der Waals surface area contributed by atoms with Crippen LogP contribution in [0, 0.1) is 11.3 Å². The van der Waals surface area contributed by atoms with Gasteiger partial charge in [0.1, 0.15) is 5.54 Å². The summed E-state index contributed by atoms with van der Waals surface area (Å²) in [7, 11) is 0. The fraction of sp³-hybridized carbons (Fsp3) is 0.750. The molecule has 7 nitrogen and oxygen atoms in total. The molecule has 3 N–H and O–H groups in total. The molecular formula is C16H23N5O2. The van der Waals surface area contributed by atoms with Crippen molar-refractivity contribution in [2.24, 2.45) is 17.1 Å². The van der Waals surface area contributed by atoms with Crippen LogP contribution in [0.5, 0.6) is 0 Å². The van der Waals surface area contributed by atoms with Crippen molar-refractivity contribution in [3.63, 3.8) is 0 Å². The maximum Gasteiger partial charge on any atom is 0.248 e. The molecule has 0 unspecified atom stereocenters. The van der Waals surface area contributed by atoms with E-state index in [1.54, 1.807) is 17.1 Å². The molecule has 4 rings (SSSR count). The number of primary amides is 1. The second-order valence-corrected chi connectivity index (χ2v) is 7.63. The fourth-order valence-corrected chi connectivity index (χ4v) is 4.45. The smallest absolute Gasteiger partial charge is 0.248 e. The zero-order valence-electron chi connectivity index (χ0n) is 13.2. The van der Waals surface area contributed by atoms with Gasteiger partial charge in [-0.1, -0.05) is 5.21 Å². The lowest BCUT2D eigenvalue weighted by Crippen LogP contribution is -2.55. The molecule has 1 aromatic rings. The first-order chi connectivity index (χ1) is 11.0. The zero-order chi connectivity index (χ0) is 16.1. The summed E-state index contributed by atoms with van der Waals surface area (Å²) in [6.45, 7) is 0. The van der Waals surface area contributed by atoms with E-state index in [0.29, 0.717) is 5.41 Å². The number of nitrogens with one attached hydrogen (secondary N) is 1. The quantitative estimate of drug-likeness (QED) is 0.853. The minimum Gasteiger partial charge on any atom is -0.369 e. The van der Waals surface area contributed by atoms with Crippen molar-refractivity contribution < 1.29 is 9.59 Å². The maximum atomic E-state index is 12.6. The van der Waals surface area contributed by atoms with Crippen LogP contribution in [0.1, 0.15) is 51.4 Å². The van der Waals surface area contributed by atoms with Gasteiger partial charge >= 0.3 is 0 Å². The van der Waals surface area contributed by atoms with Gasteiger partial charge in [0.25, 0.3) is 0 Å². The molecule has 1 spiro atoms. The standard InChI is InChI=1S/C16H23N5O2/c17-13(22)11-1-3-15(4-2-11)9-12(10-15)19-14(23)16(5-6-16)21-8-7-18-20-21/h7-8,11-12H,1-6,9-10H2,(H2,17,22)(H,19,23). The maximum absolute atomic E-state index is 12.6. The van der Waals surface area contributed by atoms with Crippen molar-refractivity contribution >= 4 is 11.8 Å². The van der Waals surface area contributed by atoms with Crippen molar-refractivity contribution in [3.05, 3.63) is 12.4 Å². The lowest BCUT2D eigenvalue weighted by atomic mass is 9.57. The molecule has 0 atom stereocenters. The number of carbonyl (C=O) groups is 2. The number of aromatic nitrogens is 3. The Morgan fingerprint density at radius 1 is 1.17 bits per heavy atom. The molecule has 0 aromatic carbocycles. The first kappa shape index (κ1) is 14.7. The molecule has 124 valence electrons. The second kappa shape index (κ2) is 5.04. The van der Waals surface area contributed by atoms with Gasteiger partial charge in [0, 0.05) is 18.2 Å². The predicted molar refractivity (Wildman–Crippen MR) is 82.0 cm³/mol. The van der Waals surface area contributed by atoms with Crippen LogP contribution in [0.15, 0.2) is 12.4 Å². The van der Waals surface area contributed by atoms with Crippen LogP contribution >= 0.6 is 0 Å². The summed E-state index contributed by atoms with van der Waals surface area (Å²) in [5, 5.41) is 11.0. The van der Waals surface area contributed by atoms with E-state index in [1.165, 1.54) is 0 Å². The second-order valence-electron chi connectivity index (χ2n) is 7.63. The van der Waals surface area contributed by atoms with Crippen molar-refractivity contribution in [1.82, 2.24) is 20.3 Å². The minimum atomic E-state index is -0.497. The number of amides is 2. The molecule has 3 aliphatic carbocycles. The van der Waals surface area contributed by atoms with E-state index in [1.807, 2.05) is 0 Å². The molecule has 3 saturated carbocycles. The highest BCUT2D eigenvalue weighted by Crippen LogP contribution is 2.53. The molecule has 2 amide bonds. The molecule has 7 heteroatoms. The molecular weight excluding hydrogens is 294 g/mol. The van der Waals surface area contributed by atoms with E-state index in [0.717, 1.165) is 51.4 Å². The molecule has 0 saturated heterocycles. The van der Waals surface area contributed by atoms with Gasteiger partial charge in [0.05, 0.1) is 6.20 Å². The zero-order valence-corrected chi connectivity index (χ0v) is 13.2. The van der Waals surface area contributed by atoms with Gasteiger partial charge in [-0.05, 0) is 56.8 Å². The molecule has 1 aromatic heterocycles. The van der Waals surface area contributed by atoms with Gasteiger partial charge in [-0.2, -0.15) is 0 Å². The largest absolute Gasteiger partial charge is 0.369 e. The van der Waals surface area contributed by atoms with Crippen LogP contribution in [-0.4, -0.2) is 32.9 Å². The van der Waals surface area contributed by atoms with E-state index in [4.69, 9.17) is 5.73 Å². The van der Waals surface area contributed by atoms with E-state index < -0.39 is 5.54 Å². The summed E-state index contributed by atoms with van der Waals surface area (Å²) >= 11 is 0. The third-order valence-electron chi connectivity index (χ3n) is 6.15. The van der Waals surface area contributed by atoms with Gasteiger partial charge in [0.2, 0.25) is 11.8 Å². The van der Waals surface area contributed by atoms with E-state index in [-0.39, 0.29) is 23.8 Å². The van der Waals surface area contributed by atoms with Crippen LogP contribution in [0.4, 0.5) is 0 Å². The van der Waals surface area contributed by atoms with Gasteiger partial charge in [-0.3, -0.25) is 9.59 Å². The first-order valence-electron chi connectivity index (χ1n) is 8.50. The van der Waals surface area contributed by atoms with Crippen LogP contribution in [0.3, 0.4) is 0 Å². The molecule has 0 aliphatic heterocycles. The summed E-state index contributed by atoms with van der Waals surface area (Å²) in [5.41, 5.74) is 5.23. The Morgan fingerprint density at radius 2 is 1.87 bits per heavy atom. The summed E-state index contributed by atoms with van der Waals surface area (Å²) < 4.78 is 1.69. The Labute approximate surface area is 135 Å². The molecule has 0 bridgehead atoms. The predicted octanol–water partition coefficient (Wildman–Crippen LogP) is 0.708. The van der Waals surface area contributed by atoms with Gasteiger partial charge in [-0.25, -0.2) is 4.68 Å². The van der Waals surface area contributed by atoms with Crippen LogP contribution in [0.25, 0.3) is 0 Å². The highest BCUT2D eigenvalue weighted by Gasteiger charge is 2.55. The summed E-state index contributed by atoms with van der Waals surface area (Å²) in [5.74, 6) is -0.0301. The van der Waals surface area contributed by atoms with Crippen molar-refractivity contribution in [2.75, 3.05) is 0 Å². The van der Waals surface area contributed by atoms with Crippen molar-refractivity contribution in [2.45, 2.75) is 62.9 Å². The topological polar surface area (TPSA) is 103 Å². The number of nitrogens with zero attached hydrogens (tertiary/aromatic N) is 3. The highest BCUT2D eigenvalue weighted by atomic mass is 16.2. The first-order valence-corrected chi connectivity index (χ1v) is 8.50.